The van der Waals surface area contributed by atoms with Crippen LogP contribution in [-0.2, 0) is 0 Å². The van der Waals surface area contributed by atoms with Crippen molar-refractivity contribution in [2.75, 3.05) is 0 Å². The molecule has 0 atom stereocenters. The van der Waals surface area contributed by atoms with Gasteiger partial charge in [-0.25, -0.2) is 9.97 Å². The third-order valence-electron chi connectivity index (χ3n) is 2.64. The molecule has 18 heavy (non-hydrogen) atoms. The van der Waals surface area contributed by atoms with Gasteiger partial charge in [0, 0.05) is 26.1 Å². The Morgan fingerprint density at radius 3 is 2.33 bits per heavy atom. The molecule has 2 aromatic carbocycles. The molecule has 0 fully saturated rings. The summed E-state index contributed by atoms with van der Waals surface area (Å²) in [5.41, 5.74) is 1.97. The molecule has 3 rings (SSSR count). The molecule has 0 bridgehead atoms. The molecular weight excluding hydrogens is 356 g/mol. The van der Waals surface area contributed by atoms with Gasteiger partial charge in [-0.1, -0.05) is 44.0 Å². The molecule has 0 radical (unpaired) electrons. The second-order valence-corrected chi connectivity index (χ2v) is 5.73. The fourth-order valence-corrected chi connectivity index (χ4v) is 2.39. The molecule has 0 spiro atoms. The fraction of sp³-hybridized carbons (Fsp3) is 0. The lowest BCUT2D eigenvalue weighted by Gasteiger charge is -2.03. The topological polar surface area (TPSA) is 25.8 Å². The van der Waals surface area contributed by atoms with E-state index in [-0.39, 0.29) is 0 Å². The number of hydrogen-bond acceptors (Lipinski definition) is 2. The zero-order valence-electron chi connectivity index (χ0n) is 9.27. The molecule has 1 aromatic heterocycles. The molecule has 3 aromatic rings. The maximum atomic E-state index is 4.57. The van der Waals surface area contributed by atoms with Gasteiger partial charge in [0.15, 0.2) is 5.82 Å². The van der Waals surface area contributed by atoms with Crippen LogP contribution in [-0.4, -0.2) is 9.97 Å². The van der Waals surface area contributed by atoms with E-state index in [0.29, 0.717) is 0 Å². The Hall–Kier alpha value is -1.26. The highest BCUT2D eigenvalue weighted by molar-refractivity contribution is 9.10. The van der Waals surface area contributed by atoms with Crippen LogP contribution < -0.4 is 0 Å². The maximum absolute atomic E-state index is 4.57. The Kier molecular flexibility index (Phi) is 3.14. The Balaban J connectivity index is 2.13. The van der Waals surface area contributed by atoms with Crippen LogP contribution in [0.2, 0.25) is 0 Å². The summed E-state index contributed by atoms with van der Waals surface area (Å²) < 4.78 is 2.09. The number of nitrogens with zero attached hydrogens (tertiary/aromatic N) is 2. The molecular formula is C14H8Br2N2. The summed E-state index contributed by atoms with van der Waals surface area (Å²) in [6, 6.07) is 14.0. The van der Waals surface area contributed by atoms with Crippen LogP contribution in [0.15, 0.2) is 57.6 Å². The molecule has 0 amide bonds. The van der Waals surface area contributed by atoms with E-state index in [1.807, 2.05) is 48.7 Å². The normalized spacial score (nSPS) is 10.8. The lowest BCUT2D eigenvalue weighted by molar-refractivity contribution is 1.23. The summed E-state index contributed by atoms with van der Waals surface area (Å²) >= 11 is 6.86. The second kappa shape index (κ2) is 4.78. The summed E-state index contributed by atoms with van der Waals surface area (Å²) in [5, 5.41) is 1.03. The smallest absolute Gasteiger partial charge is 0.159 e. The van der Waals surface area contributed by atoms with E-state index in [1.54, 1.807) is 0 Å². The predicted molar refractivity (Wildman–Crippen MR) is 80.4 cm³/mol. The second-order valence-electron chi connectivity index (χ2n) is 3.90. The van der Waals surface area contributed by atoms with E-state index in [9.17, 15) is 0 Å². The zero-order valence-corrected chi connectivity index (χ0v) is 12.4. The van der Waals surface area contributed by atoms with Gasteiger partial charge in [0.25, 0.3) is 0 Å². The van der Waals surface area contributed by atoms with E-state index in [1.165, 1.54) is 0 Å². The van der Waals surface area contributed by atoms with Crippen molar-refractivity contribution in [3.63, 3.8) is 0 Å². The summed E-state index contributed by atoms with van der Waals surface area (Å²) in [7, 11) is 0. The first-order valence-electron chi connectivity index (χ1n) is 5.41. The minimum absolute atomic E-state index is 0.748. The SMILES string of the molecule is Brc1ccc(-c2ncc3cc(Br)ccc3n2)cc1. The first-order chi connectivity index (χ1) is 8.72. The monoisotopic (exact) mass is 362 g/mol. The van der Waals surface area contributed by atoms with Gasteiger partial charge in [-0.2, -0.15) is 0 Å². The fourth-order valence-electron chi connectivity index (χ4n) is 1.74. The van der Waals surface area contributed by atoms with Gasteiger partial charge in [0.05, 0.1) is 5.52 Å². The number of aromatic nitrogens is 2. The minimum atomic E-state index is 0.748. The van der Waals surface area contributed by atoms with Crippen LogP contribution in [0.4, 0.5) is 0 Å². The van der Waals surface area contributed by atoms with Crippen molar-refractivity contribution in [2.24, 2.45) is 0 Å². The first-order valence-corrected chi connectivity index (χ1v) is 6.99. The highest BCUT2D eigenvalue weighted by Gasteiger charge is 2.03. The van der Waals surface area contributed by atoms with E-state index in [4.69, 9.17) is 0 Å². The maximum Gasteiger partial charge on any atom is 0.159 e. The van der Waals surface area contributed by atoms with Gasteiger partial charge in [-0.3, -0.25) is 0 Å². The van der Waals surface area contributed by atoms with Crippen molar-refractivity contribution < 1.29 is 0 Å². The molecule has 0 N–H and O–H groups in total. The van der Waals surface area contributed by atoms with Gasteiger partial charge >= 0.3 is 0 Å². The summed E-state index contributed by atoms with van der Waals surface area (Å²) in [5.74, 6) is 0.748. The van der Waals surface area contributed by atoms with Crippen molar-refractivity contribution in [3.8, 4) is 11.4 Å². The number of hydrogen-bond donors (Lipinski definition) is 0. The van der Waals surface area contributed by atoms with E-state index in [2.05, 4.69) is 41.8 Å². The quantitative estimate of drug-likeness (QED) is 0.619. The van der Waals surface area contributed by atoms with Gasteiger partial charge in [-0.05, 0) is 30.3 Å². The summed E-state index contributed by atoms with van der Waals surface area (Å²) in [4.78, 5) is 8.97. The molecule has 0 saturated heterocycles. The molecule has 4 heteroatoms. The number of fused-ring (bicyclic) bond motifs is 1. The molecule has 0 aliphatic heterocycles. The van der Waals surface area contributed by atoms with Crippen LogP contribution in [0.25, 0.3) is 22.3 Å². The van der Waals surface area contributed by atoms with Crippen LogP contribution >= 0.6 is 31.9 Å². The number of halogens is 2. The van der Waals surface area contributed by atoms with Crippen LogP contribution in [0.3, 0.4) is 0 Å². The Labute approximate surface area is 121 Å². The standard InChI is InChI=1S/C14H8Br2N2/c15-11-3-1-9(2-4-11)14-17-8-10-7-12(16)5-6-13(10)18-14/h1-8H. The highest BCUT2D eigenvalue weighted by atomic mass is 79.9. The first kappa shape index (κ1) is 11.8. The molecule has 2 nitrogen and oxygen atoms in total. The Morgan fingerprint density at radius 1 is 0.833 bits per heavy atom. The van der Waals surface area contributed by atoms with Gasteiger partial charge in [-0.15, -0.1) is 0 Å². The van der Waals surface area contributed by atoms with Crippen molar-refractivity contribution >= 4 is 42.8 Å². The van der Waals surface area contributed by atoms with Crippen LogP contribution in [0.1, 0.15) is 0 Å². The molecule has 0 aliphatic carbocycles. The predicted octanol–water partition coefficient (Wildman–Crippen LogP) is 4.82. The van der Waals surface area contributed by atoms with Gasteiger partial charge in [0.2, 0.25) is 0 Å². The third-order valence-corrected chi connectivity index (χ3v) is 3.67. The number of rotatable bonds is 1. The van der Waals surface area contributed by atoms with Crippen LogP contribution in [0, 0.1) is 0 Å². The summed E-state index contributed by atoms with van der Waals surface area (Å²) in [6.45, 7) is 0. The Bertz CT molecular complexity index is 709. The van der Waals surface area contributed by atoms with Crippen molar-refractivity contribution in [2.45, 2.75) is 0 Å². The van der Waals surface area contributed by atoms with Crippen molar-refractivity contribution in [1.29, 1.82) is 0 Å². The van der Waals surface area contributed by atoms with E-state index >= 15 is 0 Å². The lowest BCUT2D eigenvalue weighted by Crippen LogP contribution is -1.89. The van der Waals surface area contributed by atoms with Crippen LogP contribution in [0.5, 0.6) is 0 Å². The summed E-state index contributed by atoms with van der Waals surface area (Å²) in [6.07, 6.45) is 1.85. The molecule has 0 saturated carbocycles. The Morgan fingerprint density at radius 2 is 1.56 bits per heavy atom. The average molecular weight is 364 g/mol. The largest absolute Gasteiger partial charge is 0.236 e. The van der Waals surface area contributed by atoms with Crippen molar-refractivity contribution in [3.05, 3.63) is 57.6 Å². The minimum Gasteiger partial charge on any atom is -0.236 e. The lowest BCUT2D eigenvalue weighted by atomic mass is 10.2. The molecule has 1 heterocycles. The van der Waals surface area contributed by atoms with E-state index in [0.717, 1.165) is 31.2 Å². The number of benzene rings is 2. The van der Waals surface area contributed by atoms with E-state index < -0.39 is 0 Å². The van der Waals surface area contributed by atoms with Gasteiger partial charge in [0.1, 0.15) is 0 Å². The molecule has 0 unspecified atom stereocenters. The molecule has 88 valence electrons. The highest BCUT2D eigenvalue weighted by Crippen LogP contribution is 2.22. The third kappa shape index (κ3) is 2.31. The average Bonchev–Trinajstić information content (AvgIpc) is 2.39. The van der Waals surface area contributed by atoms with Gasteiger partial charge < -0.3 is 0 Å². The van der Waals surface area contributed by atoms with Crippen molar-refractivity contribution in [1.82, 2.24) is 9.97 Å². The zero-order chi connectivity index (χ0) is 12.5. The molecule has 0 aliphatic rings.